The van der Waals surface area contributed by atoms with E-state index in [9.17, 15) is 4.79 Å². The van der Waals surface area contributed by atoms with E-state index in [1.54, 1.807) is 11.6 Å². The number of rotatable bonds is 3. The lowest BCUT2D eigenvalue weighted by molar-refractivity contribution is 0.176. The fourth-order valence-electron chi connectivity index (χ4n) is 0.702. The predicted octanol–water partition coefficient (Wildman–Crippen LogP) is 0.509. The highest BCUT2D eigenvalue weighted by molar-refractivity contribution is 7.07. The predicted molar refractivity (Wildman–Crippen MR) is 45.3 cm³/mol. The Morgan fingerprint density at radius 1 is 1.82 bits per heavy atom. The first-order chi connectivity index (χ1) is 5.24. The van der Waals surface area contributed by atoms with E-state index in [0.29, 0.717) is 0 Å². The Kier molecular flexibility index (Phi) is 3.11. The normalized spacial score (nSPS) is 13.3. The summed E-state index contributed by atoms with van der Waals surface area (Å²) in [4.78, 5) is 10.8. The van der Waals surface area contributed by atoms with Crippen LogP contribution in [0.3, 0.4) is 0 Å². The average Bonchev–Trinajstić information content (AvgIpc) is 2.37. The van der Waals surface area contributed by atoms with Gasteiger partial charge in [-0.2, -0.15) is 0 Å². The minimum absolute atomic E-state index is 0.0610. The molecule has 0 amide bonds. The minimum atomic E-state index is -0.635. The van der Waals surface area contributed by atoms with Crippen molar-refractivity contribution in [2.45, 2.75) is 12.6 Å². The van der Waals surface area contributed by atoms with Crippen LogP contribution in [0.5, 0.6) is 0 Å². The molecular formula is C6H8ClNO2S. The molecule has 0 aliphatic carbocycles. The molecule has 1 aromatic heterocycles. The van der Waals surface area contributed by atoms with Gasteiger partial charge in [-0.3, -0.25) is 4.79 Å². The summed E-state index contributed by atoms with van der Waals surface area (Å²) in [5, 5.41) is 10.8. The van der Waals surface area contributed by atoms with Crippen molar-refractivity contribution in [3.63, 3.8) is 0 Å². The second-order valence-corrected chi connectivity index (χ2v) is 3.30. The summed E-state index contributed by atoms with van der Waals surface area (Å²) in [6, 6.07) is 0. The van der Waals surface area contributed by atoms with E-state index in [2.05, 4.69) is 0 Å². The van der Waals surface area contributed by atoms with Crippen LogP contribution in [0.2, 0.25) is 0 Å². The molecule has 1 atom stereocenters. The van der Waals surface area contributed by atoms with Gasteiger partial charge in [0.15, 0.2) is 0 Å². The molecule has 62 valence electrons. The van der Waals surface area contributed by atoms with Gasteiger partial charge in [-0.1, -0.05) is 11.3 Å². The van der Waals surface area contributed by atoms with Crippen molar-refractivity contribution in [2.24, 2.45) is 0 Å². The monoisotopic (exact) mass is 193 g/mol. The van der Waals surface area contributed by atoms with Crippen LogP contribution < -0.4 is 4.87 Å². The zero-order valence-corrected chi connectivity index (χ0v) is 7.31. The first-order valence-corrected chi connectivity index (χ1v) is 4.53. The highest BCUT2D eigenvalue weighted by atomic mass is 35.5. The fraction of sp³-hybridized carbons (Fsp3) is 0.500. The molecule has 0 aliphatic rings. The van der Waals surface area contributed by atoms with Gasteiger partial charge in [0.1, 0.15) is 0 Å². The molecule has 0 saturated carbocycles. The Labute approximate surface area is 72.9 Å². The lowest BCUT2D eigenvalue weighted by Crippen LogP contribution is -2.23. The highest BCUT2D eigenvalue weighted by Gasteiger charge is 2.04. The Balaban J connectivity index is 2.64. The minimum Gasteiger partial charge on any atom is -0.390 e. The molecule has 1 heterocycles. The largest absolute Gasteiger partial charge is 0.390 e. The van der Waals surface area contributed by atoms with Crippen molar-refractivity contribution in [2.75, 3.05) is 5.88 Å². The van der Waals surface area contributed by atoms with Crippen molar-refractivity contribution in [1.29, 1.82) is 0 Å². The summed E-state index contributed by atoms with van der Waals surface area (Å²) in [5.74, 6) is 0.155. The molecule has 1 aromatic rings. The second-order valence-electron chi connectivity index (χ2n) is 2.13. The highest BCUT2D eigenvalue weighted by Crippen LogP contribution is 1.94. The molecule has 1 N–H and O–H groups in total. The number of aliphatic hydroxyl groups excluding tert-OH is 1. The molecule has 1 unspecified atom stereocenters. The summed E-state index contributed by atoms with van der Waals surface area (Å²) in [6.07, 6.45) is 1.01. The standard InChI is InChI=1S/C6H8ClNO2S/c7-3-5(9)4-8-1-2-11-6(8)10/h1-2,5,9H,3-4H2. The van der Waals surface area contributed by atoms with Gasteiger partial charge in [0.05, 0.1) is 18.5 Å². The summed E-state index contributed by atoms with van der Waals surface area (Å²) >= 11 is 6.47. The van der Waals surface area contributed by atoms with E-state index in [1.807, 2.05) is 0 Å². The van der Waals surface area contributed by atoms with Gasteiger partial charge in [-0.05, 0) is 0 Å². The molecule has 0 radical (unpaired) electrons. The van der Waals surface area contributed by atoms with Gasteiger partial charge in [0, 0.05) is 11.6 Å². The first kappa shape index (κ1) is 8.77. The summed E-state index contributed by atoms with van der Waals surface area (Å²) in [6.45, 7) is 0.284. The quantitative estimate of drug-likeness (QED) is 0.711. The second kappa shape index (κ2) is 3.90. The summed E-state index contributed by atoms with van der Waals surface area (Å²) in [5.41, 5.74) is 0. The molecule has 5 heteroatoms. The number of thiazole rings is 1. The maximum absolute atomic E-state index is 10.9. The summed E-state index contributed by atoms with van der Waals surface area (Å²) in [7, 11) is 0. The van der Waals surface area contributed by atoms with E-state index < -0.39 is 6.10 Å². The van der Waals surface area contributed by atoms with Crippen LogP contribution in [-0.4, -0.2) is 21.7 Å². The number of alkyl halides is 1. The Hall–Kier alpha value is -0.320. The Morgan fingerprint density at radius 2 is 2.55 bits per heavy atom. The molecule has 0 bridgehead atoms. The fourth-order valence-corrected chi connectivity index (χ4v) is 1.39. The lowest BCUT2D eigenvalue weighted by atomic mass is 10.4. The van der Waals surface area contributed by atoms with Crippen molar-refractivity contribution in [3.05, 3.63) is 21.2 Å². The van der Waals surface area contributed by atoms with Gasteiger partial charge in [0.25, 0.3) is 0 Å². The van der Waals surface area contributed by atoms with Crippen LogP contribution in [0.4, 0.5) is 0 Å². The van der Waals surface area contributed by atoms with Gasteiger partial charge in [0.2, 0.25) is 0 Å². The van der Waals surface area contributed by atoms with Crippen LogP contribution in [-0.2, 0) is 6.54 Å². The molecular weight excluding hydrogens is 186 g/mol. The Morgan fingerprint density at radius 3 is 3.00 bits per heavy atom. The molecule has 0 saturated heterocycles. The van der Waals surface area contributed by atoms with Crippen molar-refractivity contribution in [1.82, 2.24) is 4.57 Å². The van der Waals surface area contributed by atoms with Gasteiger partial charge >= 0.3 is 4.87 Å². The van der Waals surface area contributed by atoms with Crippen LogP contribution in [0, 0.1) is 0 Å². The zero-order valence-electron chi connectivity index (χ0n) is 5.74. The van der Waals surface area contributed by atoms with E-state index >= 15 is 0 Å². The molecule has 11 heavy (non-hydrogen) atoms. The molecule has 0 aromatic carbocycles. The first-order valence-electron chi connectivity index (χ1n) is 3.12. The lowest BCUT2D eigenvalue weighted by Gasteiger charge is -2.05. The average molecular weight is 194 g/mol. The van der Waals surface area contributed by atoms with Crippen LogP contribution in [0.15, 0.2) is 16.4 Å². The SMILES string of the molecule is O=c1sccn1CC(O)CCl. The number of aliphatic hydroxyl groups is 1. The summed E-state index contributed by atoms with van der Waals surface area (Å²) < 4.78 is 1.44. The van der Waals surface area contributed by atoms with Gasteiger partial charge in [-0.15, -0.1) is 11.6 Å². The van der Waals surface area contributed by atoms with Crippen LogP contribution in [0.25, 0.3) is 0 Å². The molecule has 0 fully saturated rings. The Bertz CT molecular complexity index is 270. The van der Waals surface area contributed by atoms with Crippen LogP contribution >= 0.6 is 22.9 Å². The molecule has 0 aliphatic heterocycles. The van der Waals surface area contributed by atoms with Gasteiger partial charge < -0.3 is 9.67 Å². The van der Waals surface area contributed by atoms with Crippen molar-refractivity contribution >= 4 is 22.9 Å². The number of hydrogen-bond acceptors (Lipinski definition) is 3. The smallest absolute Gasteiger partial charge is 0.307 e. The maximum Gasteiger partial charge on any atom is 0.307 e. The van der Waals surface area contributed by atoms with E-state index in [-0.39, 0.29) is 17.3 Å². The van der Waals surface area contributed by atoms with E-state index in [0.717, 1.165) is 11.3 Å². The van der Waals surface area contributed by atoms with E-state index in [1.165, 1.54) is 4.57 Å². The third-order valence-corrected chi connectivity index (χ3v) is 2.28. The third-order valence-electron chi connectivity index (χ3n) is 1.23. The number of nitrogens with zero attached hydrogens (tertiary/aromatic N) is 1. The van der Waals surface area contributed by atoms with Crippen LogP contribution in [0.1, 0.15) is 0 Å². The van der Waals surface area contributed by atoms with Crippen molar-refractivity contribution < 1.29 is 5.11 Å². The molecule has 3 nitrogen and oxygen atoms in total. The van der Waals surface area contributed by atoms with E-state index in [4.69, 9.17) is 16.7 Å². The molecule has 0 spiro atoms. The zero-order chi connectivity index (χ0) is 8.27. The molecule has 1 rings (SSSR count). The topological polar surface area (TPSA) is 42.2 Å². The maximum atomic E-state index is 10.9. The number of halogens is 1. The number of aromatic nitrogens is 1. The third kappa shape index (κ3) is 2.32. The van der Waals surface area contributed by atoms with Gasteiger partial charge in [-0.25, -0.2) is 0 Å². The number of hydrogen-bond donors (Lipinski definition) is 1. The van der Waals surface area contributed by atoms with Crippen molar-refractivity contribution in [3.8, 4) is 0 Å².